The molecule has 0 bridgehead atoms. The van der Waals surface area contributed by atoms with Gasteiger partial charge in [0.1, 0.15) is 0 Å². The minimum Gasteiger partial charge on any atom is -0.478 e. The molecule has 1 heterocycles. The van der Waals surface area contributed by atoms with Gasteiger partial charge in [0, 0.05) is 15.1 Å². The number of carboxylic acid groups (broad SMARTS) is 1. The third-order valence-electron chi connectivity index (χ3n) is 2.47. The number of nitrogens with one attached hydrogen (secondary N) is 1. The molecule has 0 atom stereocenters. The molecule has 0 saturated heterocycles. The van der Waals surface area contributed by atoms with Crippen LogP contribution in [0, 0.1) is 0 Å². The second-order valence-electron chi connectivity index (χ2n) is 3.80. The number of halogens is 2. The Morgan fingerprint density at radius 3 is 2.60 bits per heavy atom. The normalized spacial score (nSPS) is 10.1. The summed E-state index contributed by atoms with van der Waals surface area (Å²) in [6.07, 6.45) is 2.65. The number of pyridine rings is 1. The lowest BCUT2D eigenvalue weighted by atomic mass is 10.2. The number of aromatic nitrogens is 1. The molecular formula is C13H8Br2N2O3. The van der Waals surface area contributed by atoms with Crippen molar-refractivity contribution in [2.75, 3.05) is 5.32 Å². The van der Waals surface area contributed by atoms with Gasteiger partial charge < -0.3 is 10.4 Å². The molecule has 0 unspecified atom stereocenters. The van der Waals surface area contributed by atoms with Crippen LogP contribution in [0.2, 0.25) is 0 Å². The standard InChI is InChI=1S/C13H8Br2N2O3/c14-7-1-2-10(15)9(5-7)12(18)17-11-6-16-4-3-8(11)13(19)20/h1-6H,(H,17,18)(H,19,20). The highest BCUT2D eigenvalue weighted by molar-refractivity contribution is 9.11. The Balaban J connectivity index is 2.33. The van der Waals surface area contributed by atoms with E-state index in [9.17, 15) is 9.59 Å². The van der Waals surface area contributed by atoms with Gasteiger partial charge in [-0.15, -0.1) is 0 Å². The highest BCUT2D eigenvalue weighted by Crippen LogP contribution is 2.23. The minimum atomic E-state index is -1.13. The van der Waals surface area contributed by atoms with Gasteiger partial charge in [-0.1, -0.05) is 15.9 Å². The highest BCUT2D eigenvalue weighted by atomic mass is 79.9. The van der Waals surface area contributed by atoms with Gasteiger partial charge in [-0.25, -0.2) is 4.79 Å². The summed E-state index contributed by atoms with van der Waals surface area (Å²) < 4.78 is 1.36. The second kappa shape index (κ2) is 6.15. The molecule has 0 aliphatic rings. The van der Waals surface area contributed by atoms with Gasteiger partial charge in [-0.05, 0) is 40.2 Å². The van der Waals surface area contributed by atoms with Crippen molar-refractivity contribution in [3.63, 3.8) is 0 Å². The molecule has 0 radical (unpaired) electrons. The van der Waals surface area contributed by atoms with Gasteiger partial charge in [0.05, 0.1) is 23.0 Å². The average molecular weight is 400 g/mol. The quantitative estimate of drug-likeness (QED) is 0.826. The van der Waals surface area contributed by atoms with E-state index in [2.05, 4.69) is 42.2 Å². The first-order chi connectivity index (χ1) is 9.49. The van der Waals surface area contributed by atoms with E-state index in [-0.39, 0.29) is 11.3 Å². The third kappa shape index (κ3) is 3.23. The van der Waals surface area contributed by atoms with Crippen LogP contribution in [0.4, 0.5) is 5.69 Å². The molecule has 20 heavy (non-hydrogen) atoms. The lowest BCUT2D eigenvalue weighted by Gasteiger charge is -2.09. The number of hydrogen-bond acceptors (Lipinski definition) is 3. The fraction of sp³-hybridized carbons (Fsp3) is 0. The van der Waals surface area contributed by atoms with E-state index in [1.165, 1.54) is 18.5 Å². The SMILES string of the molecule is O=C(Nc1cnccc1C(=O)O)c1cc(Br)ccc1Br. The molecule has 1 amide bonds. The smallest absolute Gasteiger partial charge is 0.337 e. The number of nitrogens with zero attached hydrogens (tertiary/aromatic N) is 1. The molecule has 7 heteroatoms. The number of rotatable bonds is 3. The fourth-order valence-electron chi connectivity index (χ4n) is 1.54. The zero-order valence-electron chi connectivity index (χ0n) is 9.93. The molecule has 0 saturated carbocycles. The zero-order valence-corrected chi connectivity index (χ0v) is 13.1. The van der Waals surface area contributed by atoms with Crippen molar-refractivity contribution in [3.8, 4) is 0 Å². The van der Waals surface area contributed by atoms with Crippen molar-refractivity contribution in [1.29, 1.82) is 0 Å². The van der Waals surface area contributed by atoms with E-state index in [0.29, 0.717) is 10.0 Å². The number of benzene rings is 1. The van der Waals surface area contributed by atoms with Gasteiger partial charge in [0.15, 0.2) is 0 Å². The number of anilines is 1. The molecule has 1 aromatic heterocycles. The Hall–Kier alpha value is -1.73. The van der Waals surface area contributed by atoms with E-state index in [4.69, 9.17) is 5.11 Å². The van der Waals surface area contributed by atoms with Crippen molar-refractivity contribution in [2.24, 2.45) is 0 Å². The van der Waals surface area contributed by atoms with Gasteiger partial charge >= 0.3 is 5.97 Å². The summed E-state index contributed by atoms with van der Waals surface area (Å²) in [5, 5.41) is 11.6. The summed E-state index contributed by atoms with van der Waals surface area (Å²) in [7, 11) is 0. The van der Waals surface area contributed by atoms with Crippen molar-refractivity contribution < 1.29 is 14.7 Å². The van der Waals surface area contributed by atoms with Crippen molar-refractivity contribution in [3.05, 3.63) is 56.7 Å². The lowest BCUT2D eigenvalue weighted by Crippen LogP contribution is -2.15. The fourth-order valence-corrected chi connectivity index (χ4v) is 2.33. The number of amides is 1. The van der Waals surface area contributed by atoms with Crippen LogP contribution in [-0.2, 0) is 0 Å². The molecule has 0 aliphatic carbocycles. The van der Waals surface area contributed by atoms with Crippen LogP contribution >= 0.6 is 31.9 Å². The molecular weight excluding hydrogens is 392 g/mol. The van der Waals surface area contributed by atoms with Crippen molar-refractivity contribution in [2.45, 2.75) is 0 Å². The van der Waals surface area contributed by atoms with E-state index < -0.39 is 11.9 Å². The average Bonchev–Trinajstić information content (AvgIpc) is 2.41. The molecule has 0 spiro atoms. The highest BCUT2D eigenvalue weighted by Gasteiger charge is 2.15. The molecule has 0 aliphatic heterocycles. The molecule has 0 fully saturated rings. The molecule has 2 N–H and O–H groups in total. The van der Waals surface area contributed by atoms with Crippen LogP contribution in [-0.4, -0.2) is 22.0 Å². The van der Waals surface area contributed by atoms with Gasteiger partial charge in [-0.3, -0.25) is 9.78 Å². The van der Waals surface area contributed by atoms with Crippen LogP contribution in [0.1, 0.15) is 20.7 Å². The van der Waals surface area contributed by atoms with Crippen molar-refractivity contribution >= 4 is 49.4 Å². The van der Waals surface area contributed by atoms with Gasteiger partial charge in [0.2, 0.25) is 0 Å². The number of carbonyl (C=O) groups is 2. The molecule has 1 aromatic carbocycles. The monoisotopic (exact) mass is 398 g/mol. The van der Waals surface area contributed by atoms with E-state index in [0.717, 1.165) is 4.47 Å². The first-order valence-corrected chi connectivity index (χ1v) is 7.01. The minimum absolute atomic E-state index is 0.0144. The molecule has 2 rings (SSSR count). The van der Waals surface area contributed by atoms with Crippen LogP contribution in [0.15, 0.2) is 45.6 Å². The predicted molar refractivity (Wildman–Crippen MR) is 81.0 cm³/mol. The summed E-state index contributed by atoms with van der Waals surface area (Å²) >= 11 is 6.56. The van der Waals surface area contributed by atoms with Gasteiger partial charge in [-0.2, -0.15) is 0 Å². The summed E-state index contributed by atoms with van der Waals surface area (Å²) in [6, 6.07) is 6.47. The maximum Gasteiger partial charge on any atom is 0.337 e. The van der Waals surface area contributed by atoms with Crippen LogP contribution in [0.5, 0.6) is 0 Å². The predicted octanol–water partition coefficient (Wildman–Crippen LogP) is 3.56. The summed E-state index contributed by atoms with van der Waals surface area (Å²) in [5.74, 6) is -1.55. The Morgan fingerprint density at radius 2 is 1.90 bits per heavy atom. The van der Waals surface area contributed by atoms with E-state index in [1.54, 1.807) is 18.2 Å². The largest absolute Gasteiger partial charge is 0.478 e. The molecule has 5 nitrogen and oxygen atoms in total. The maximum atomic E-state index is 12.2. The topological polar surface area (TPSA) is 79.3 Å². The van der Waals surface area contributed by atoms with Crippen LogP contribution in [0.25, 0.3) is 0 Å². The lowest BCUT2D eigenvalue weighted by molar-refractivity contribution is 0.0698. The summed E-state index contributed by atoms with van der Waals surface area (Å²) in [6.45, 7) is 0. The Bertz CT molecular complexity index is 689. The van der Waals surface area contributed by atoms with E-state index >= 15 is 0 Å². The van der Waals surface area contributed by atoms with Crippen molar-refractivity contribution in [1.82, 2.24) is 4.98 Å². The number of carbonyl (C=O) groups excluding carboxylic acids is 1. The Morgan fingerprint density at radius 1 is 1.15 bits per heavy atom. The first kappa shape index (κ1) is 14.7. The molecule has 2 aromatic rings. The van der Waals surface area contributed by atoms with E-state index in [1.807, 2.05) is 0 Å². The number of aromatic carboxylic acids is 1. The Kier molecular flexibility index (Phi) is 4.51. The second-order valence-corrected chi connectivity index (χ2v) is 5.57. The first-order valence-electron chi connectivity index (χ1n) is 5.42. The summed E-state index contributed by atoms with van der Waals surface area (Å²) in [4.78, 5) is 27.1. The number of hydrogen-bond donors (Lipinski definition) is 2. The van der Waals surface area contributed by atoms with Crippen LogP contribution < -0.4 is 5.32 Å². The van der Waals surface area contributed by atoms with Gasteiger partial charge in [0.25, 0.3) is 5.91 Å². The molecule has 102 valence electrons. The maximum absolute atomic E-state index is 12.2. The van der Waals surface area contributed by atoms with Crippen LogP contribution in [0.3, 0.4) is 0 Å². The number of carboxylic acids is 1. The zero-order chi connectivity index (χ0) is 14.7. The Labute approximate surface area is 131 Å². The third-order valence-corrected chi connectivity index (χ3v) is 3.66. The summed E-state index contributed by atoms with van der Waals surface area (Å²) in [5.41, 5.74) is 0.524.